The number of hydrogen-bond acceptors (Lipinski definition) is 4. The van der Waals surface area contributed by atoms with Crippen molar-refractivity contribution in [1.29, 1.82) is 5.26 Å². The van der Waals surface area contributed by atoms with E-state index >= 15 is 0 Å². The van der Waals surface area contributed by atoms with E-state index in [2.05, 4.69) is 11.4 Å². The Morgan fingerprint density at radius 1 is 1.47 bits per heavy atom. The minimum absolute atomic E-state index is 0.0527. The van der Waals surface area contributed by atoms with Crippen LogP contribution in [0.2, 0.25) is 0 Å². The van der Waals surface area contributed by atoms with Gasteiger partial charge in [-0.2, -0.15) is 5.26 Å². The first kappa shape index (κ1) is 11.5. The van der Waals surface area contributed by atoms with Gasteiger partial charge >= 0.3 is 0 Å². The minimum Gasteiger partial charge on any atom is -0.388 e. The highest BCUT2D eigenvalue weighted by molar-refractivity contribution is 5.22. The van der Waals surface area contributed by atoms with E-state index in [4.69, 9.17) is 4.74 Å². The van der Waals surface area contributed by atoms with Crippen molar-refractivity contribution in [2.24, 2.45) is 11.3 Å². The molecule has 0 aromatic rings. The molecule has 0 aromatic carbocycles. The molecule has 17 heavy (non-hydrogen) atoms. The van der Waals surface area contributed by atoms with Crippen LogP contribution in [-0.4, -0.2) is 36.0 Å². The number of hydrogen-bond donors (Lipinski definition) is 2. The van der Waals surface area contributed by atoms with Crippen molar-refractivity contribution in [3.63, 3.8) is 0 Å². The minimum atomic E-state index is -0.882. The van der Waals surface area contributed by atoms with Gasteiger partial charge in [0.1, 0.15) is 5.41 Å². The van der Waals surface area contributed by atoms with Crippen LogP contribution in [0.15, 0.2) is 0 Å². The van der Waals surface area contributed by atoms with Crippen molar-refractivity contribution in [3.05, 3.63) is 0 Å². The summed E-state index contributed by atoms with van der Waals surface area (Å²) in [5, 5.41) is 24.0. The summed E-state index contributed by atoms with van der Waals surface area (Å²) in [5.41, 5.74) is -1.55. The first-order chi connectivity index (χ1) is 8.12. The second-order valence-electron chi connectivity index (χ2n) is 5.89. The molecular formula is C13H20N2O2. The Kier molecular flexibility index (Phi) is 2.48. The molecule has 0 amide bonds. The van der Waals surface area contributed by atoms with Gasteiger partial charge in [0.05, 0.1) is 23.9 Å². The van der Waals surface area contributed by atoms with Crippen molar-refractivity contribution < 1.29 is 9.84 Å². The Bertz CT molecular complexity index is 367. The fraction of sp³-hybridized carbons (Fsp3) is 0.923. The van der Waals surface area contributed by atoms with Crippen molar-refractivity contribution in [1.82, 2.24) is 5.32 Å². The summed E-state index contributed by atoms with van der Waals surface area (Å²) in [7, 11) is 0. The predicted molar refractivity (Wildman–Crippen MR) is 62.2 cm³/mol. The number of piperidine rings is 1. The van der Waals surface area contributed by atoms with Crippen LogP contribution in [0.5, 0.6) is 0 Å². The Morgan fingerprint density at radius 2 is 2.29 bits per heavy atom. The van der Waals surface area contributed by atoms with E-state index in [1.807, 2.05) is 6.92 Å². The van der Waals surface area contributed by atoms with Crippen LogP contribution in [0.4, 0.5) is 0 Å². The molecule has 3 rings (SSSR count). The average molecular weight is 236 g/mol. The van der Waals surface area contributed by atoms with Crippen molar-refractivity contribution in [3.8, 4) is 6.07 Å². The molecule has 94 valence electrons. The summed E-state index contributed by atoms with van der Waals surface area (Å²) in [6, 6.07) is 2.45. The molecule has 5 atom stereocenters. The third-order valence-electron chi connectivity index (χ3n) is 5.13. The Morgan fingerprint density at radius 3 is 2.82 bits per heavy atom. The summed E-state index contributed by atoms with van der Waals surface area (Å²) >= 11 is 0. The van der Waals surface area contributed by atoms with Gasteiger partial charge in [0, 0.05) is 6.54 Å². The van der Waals surface area contributed by atoms with Gasteiger partial charge in [-0.1, -0.05) is 6.92 Å². The lowest BCUT2D eigenvalue weighted by molar-refractivity contribution is -0.133. The van der Waals surface area contributed by atoms with Gasteiger partial charge in [-0.15, -0.1) is 0 Å². The van der Waals surface area contributed by atoms with Crippen LogP contribution >= 0.6 is 0 Å². The lowest BCUT2D eigenvalue weighted by Gasteiger charge is -2.49. The van der Waals surface area contributed by atoms with Gasteiger partial charge in [0.2, 0.25) is 0 Å². The second kappa shape index (κ2) is 3.68. The molecule has 0 aromatic heterocycles. The molecule has 3 saturated heterocycles. The normalized spacial score (nSPS) is 53.6. The van der Waals surface area contributed by atoms with Crippen LogP contribution in [-0.2, 0) is 4.74 Å². The largest absolute Gasteiger partial charge is 0.388 e. The van der Waals surface area contributed by atoms with Crippen LogP contribution in [0.1, 0.15) is 32.6 Å². The number of fused-ring (bicyclic) bond motifs is 2. The maximum Gasteiger partial charge on any atom is 0.115 e. The molecule has 0 aliphatic carbocycles. The van der Waals surface area contributed by atoms with Gasteiger partial charge in [-0.3, -0.25) is 0 Å². The SMILES string of the molecule is CC1CNCCC1(O)C1(C#N)CC2CCC1O2. The molecule has 4 nitrogen and oxygen atoms in total. The number of nitrogens with zero attached hydrogens (tertiary/aromatic N) is 1. The lowest BCUT2D eigenvalue weighted by Crippen LogP contribution is -2.62. The highest BCUT2D eigenvalue weighted by Crippen LogP contribution is 2.56. The van der Waals surface area contributed by atoms with Crippen LogP contribution in [0.25, 0.3) is 0 Å². The Hall–Kier alpha value is -0.630. The molecular weight excluding hydrogens is 216 g/mol. The monoisotopic (exact) mass is 236 g/mol. The molecule has 2 N–H and O–H groups in total. The van der Waals surface area contributed by atoms with E-state index in [-0.39, 0.29) is 18.1 Å². The van der Waals surface area contributed by atoms with Gasteiger partial charge in [-0.25, -0.2) is 0 Å². The molecule has 3 aliphatic rings. The topological polar surface area (TPSA) is 65.3 Å². The van der Waals surface area contributed by atoms with Gasteiger partial charge in [0.15, 0.2) is 0 Å². The zero-order valence-electron chi connectivity index (χ0n) is 10.3. The number of nitrogens with one attached hydrogen (secondary N) is 1. The molecule has 2 bridgehead atoms. The molecule has 0 spiro atoms. The zero-order valence-corrected chi connectivity index (χ0v) is 10.3. The smallest absolute Gasteiger partial charge is 0.115 e. The molecule has 3 fully saturated rings. The van der Waals surface area contributed by atoms with E-state index in [0.717, 1.165) is 32.4 Å². The van der Waals surface area contributed by atoms with Crippen molar-refractivity contribution in [2.45, 2.75) is 50.4 Å². The maximum absolute atomic E-state index is 11.1. The highest BCUT2D eigenvalue weighted by Gasteiger charge is 2.65. The summed E-state index contributed by atoms with van der Waals surface area (Å²) in [4.78, 5) is 0. The molecule has 5 unspecified atom stereocenters. The molecule has 0 radical (unpaired) electrons. The van der Waals surface area contributed by atoms with E-state index in [1.54, 1.807) is 0 Å². The van der Waals surface area contributed by atoms with Crippen LogP contribution < -0.4 is 5.32 Å². The van der Waals surface area contributed by atoms with E-state index in [9.17, 15) is 10.4 Å². The van der Waals surface area contributed by atoms with Gasteiger partial charge in [0.25, 0.3) is 0 Å². The van der Waals surface area contributed by atoms with E-state index in [0.29, 0.717) is 6.42 Å². The summed E-state index contributed by atoms with van der Waals surface area (Å²) in [6.45, 7) is 3.62. The maximum atomic E-state index is 11.1. The lowest BCUT2D eigenvalue weighted by atomic mass is 9.58. The van der Waals surface area contributed by atoms with Crippen molar-refractivity contribution >= 4 is 0 Å². The average Bonchev–Trinajstić information content (AvgIpc) is 2.93. The first-order valence-corrected chi connectivity index (χ1v) is 6.62. The third kappa shape index (κ3) is 1.33. The number of aliphatic hydroxyl groups is 1. The fourth-order valence-electron chi connectivity index (χ4n) is 4.05. The summed E-state index contributed by atoms with van der Waals surface area (Å²) < 4.78 is 5.84. The quantitative estimate of drug-likeness (QED) is 0.707. The van der Waals surface area contributed by atoms with E-state index < -0.39 is 11.0 Å². The molecule has 4 heteroatoms. The summed E-state index contributed by atoms with van der Waals surface area (Å²) in [6.07, 6.45) is 3.51. The van der Waals surface area contributed by atoms with Crippen LogP contribution in [0, 0.1) is 22.7 Å². The molecule has 3 heterocycles. The highest BCUT2D eigenvalue weighted by atomic mass is 16.5. The second-order valence-corrected chi connectivity index (χ2v) is 5.89. The Labute approximate surface area is 102 Å². The number of rotatable bonds is 1. The summed E-state index contributed by atoms with van der Waals surface area (Å²) in [5.74, 6) is 0.110. The number of nitriles is 1. The van der Waals surface area contributed by atoms with Gasteiger partial charge in [-0.05, 0) is 38.1 Å². The van der Waals surface area contributed by atoms with Gasteiger partial charge < -0.3 is 15.2 Å². The number of ether oxygens (including phenoxy) is 1. The zero-order chi connectivity index (χ0) is 12.1. The van der Waals surface area contributed by atoms with Crippen LogP contribution in [0.3, 0.4) is 0 Å². The molecule has 3 aliphatic heterocycles. The van der Waals surface area contributed by atoms with E-state index in [1.165, 1.54) is 0 Å². The standard InChI is InChI=1S/C13H20N2O2/c1-9-7-15-5-4-13(9,16)12(8-14)6-10-2-3-11(12)17-10/h9-11,15-16H,2-7H2,1H3. The molecule has 0 saturated carbocycles. The third-order valence-corrected chi connectivity index (χ3v) is 5.13. The predicted octanol–water partition coefficient (Wildman–Crippen LogP) is 0.808. The van der Waals surface area contributed by atoms with Crippen molar-refractivity contribution in [2.75, 3.05) is 13.1 Å². The first-order valence-electron chi connectivity index (χ1n) is 6.62. The fourth-order valence-corrected chi connectivity index (χ4v) is 4.05. The Balaban J connectivity index is 1.98.